The van der Waals surface area contributed by atoms with Crippen LogP contribution in [0.3, 0.4) is 0 Å². The number of aliphatic hydroxyl groups excluding tert-OH is 1. The van der Waals surface area contributed by atoms with E-state index in [4.69, 9.17) is 5.11 Å². The number of rotatable bonds is 3. The van der Waals surface area contributed by atoms with Crippen molar-refractivity contribution in [2.75, 3.05) is 24.7 Å². The zero-order valence-electron chi connectivity index (χ0n) is 11.4. The van der Waals surface area contributed by atoms with Crippen molar-refractivity contribution >= 4 is 15.7 Å². The Balaban J connectivity index is 2.01. The molecule has 0 spiro atoms. The van der Waals surface area contributed by atoms with E-state index in [0.29, 0.717) is 24.1 Å². The van der Waals surface area contributed by atoms with E-state index in [1.54, 1.807) is 6.07 Å². The lowest BCUT2D eigenvalue weighted by molar-refractivity contribution is 0.0948. The second-order valence-corrected chi connectivity index (χ2v) is 7.09. The third-order valence-electron chi connectivity index (χ3n) is 3.25. The molecule has 0 radical (unpaired) electrons. The van der Waals surface area contributed by atoms with E-state index in [-0.39, 0.29) is 29.9 Å². The van der Waals surface area contributed by atoms with Crippen molar-refractivity contribution in [3.05, 3.63) is 29.6 Å². The Bertz CT molecular complexity index is 688. The normalized spacial score (nSPS) is 19.6. The summed E-state index contributed by atoms with van der Waals surface area (Å²) >= 11 is 0. The van der Waals surface area contributed by atoms with Crippen molar-refractivity contribution in [3.8, 4) is 11.8 Å². The molecule has 2 N–H and O–H groups in total. The number of aromatic nitrogens is 1. The molecule has 1 unspecified atom stereocenters. The van der Waals surface area contributed by atoms with E-state index < -0.39 is 9.84 Å². The molecule has 1 aliphatic rings. The van der Waals surface area contributed by atoms with Crippen LogP contribution in [0.5, 0.6) is 0 Å². The smallest absolute Gasteiger partial charge is 0.252 e. The van der Waals surface area contributed by atoms with Gasteiger partial charge in [0.25, 0.3) is 5.91 Å². The van der Waals surface area contributed by atoms with Gasteiger partial charge in [0.2, 0.25) is 0 Å². The van der Waals surface area contributed by atoms with E-state index in [1.165, 1.54) is 12.4 Å². The zero-order valence-corrected chi connectivity index (χ0v) is 12.2. The molecule has 0 bridgehead atoms. The van der Waals surface area contributed by atoms with E-state index in [0.717, 1.165) is 0 Å². The van der Waals surface area contributed by atoms with Crippen LogP contribution in [-0.2, 0) is 9.84 Å². The second-order valence-electron chi connectivity index (χ2n) is 4.86. The molecule has 1 aromatic rings. The van der Waals surface area contributed by atoms with Crippen molar-refractivity contribution in [2.24, 2.45) is 5.92 Å². The van der Waals surface area contributed by atoms with Gasteiger partial charge in [-0.05, 0) is 18.4 Å². The maximum Gasteiger partial charge on any atom is 0.252 e. The van der Waals surface area contributed by atoms with E-state index in [2.05, 4.69) is 22.1 Å². The lowest BCUT2D eigenvalue weighted by Crippen LogP contribution is -2.30. The Morgan fingerprint density at radius 1 is 1.52 bits per heavy atom. The van der Waals surface area contributed by atoms with E-state index in [1.807, 2.05) is 0 Å². The number of aliphatic hydroxyl groups is 1. The largest absolute Gasteiger partial charge is 0.384 e. The average Bonchev–Trinajstić information content (AvgIpc) is 2.82. The zero-order chi connectivity index (χ0) is 15.3. The third kappa shape index (κ3) is 4.28. The Labute approximate surface area is 123 Å². The van der Waals surface area contributed by atoms with Gasteiger partial charge in [0.1, 0.15) is 6.61 Å². The summed E-state index contributed by atoms with van der Waals surface area (Å²) in [4.78, 5) is 16.0. The molecule has 0 saturated carbocycles. The number of sulfone groups is 1. The molecule has 0 aliphatic carbocycles. The van der Waals surface area contributed by atoms with Crippen molar-refractivity contribution < 1.29 is 18.3 Å². The molecule has 0 aromatic carbocycles. The first-order chi connectivity index (χ1) is 10.0. The van der Waals surface area contributed by atoms with Crippen molar-refractivity contribution in [1.29, 1.82) is 0 Å². The molecule has 21 heavy (non-hydrogen) atoms. The Kier molecular flexibility index (Phi) is 4.94. The van der Waals surface area contributed by atoms with E-state index >= 15 is 0 Å². The predicted octanol–water partition coefficient (Wildman–Crippen LogP) is -0.410. The predicted molar refractivity (Wildman–Crippen MR) is 77.3 cm³/mol. The molecule has 2 rings (SSSR count). The molecule has 1 saturated heterocycles. The summed E-state index contributed by atoms with van der Waals surface area (Å²) in [5.74, 6) is 5.11. The molecule has 6 nitrogen and oxygen atoms in total. The van der Waals surface area contributed by atoms with Crippen LogP contribution in [0.1, 0.15) is 22.3 Å². The molecule has 1 fully saturated rings. The molecule has 1 amide bonds. The fraction of sp³-hybridized carbons (Fsp3) is 0.429. The van der Waals surface area contributed by atoms with Gasteiger partial charge >= 0.3 is 0 Å². The number of hydrogen-bond donors (Lipinski definition) is 2. The van der Waals surface area contributed by atoms with E-state index in [9.17, 15) is 13.2 Å². The number of nitrogens with one attached hydrogen (secondary N) is 1. The van der Waals surface area contributed by atoms with Gasteiger partial charge in [-0.2, -0.15) is 0 Å². The van der Waals surface area contributed by atoms with Crippen LogP contribution in [0.2, 0.25) is 0 Å². The van der Waals surface area contributed by atoms with Crippen molar-refractivity contribution in [3.63, 3.8) is 0 Å². The highest BCUT2D eigenvalue weighted by Crippen LogP contribution is 2.17. The molecule has 1 atom stereocenters. The second kappa shape index (κ2) is 6.70. The number of hydrogen-bond acceptors (Lipinski definition) is 5. The summed E-state index contributed by atoms with van der Waals surface area (Å²) in [5, 5.41) is 11.4. The van der Waals surface area contributed by atoms with Gasteiger partial charge in [0.05, 0.1) is 22.6 Å². The highest BCUT2D eigenvalue weighted by atomic mass is 32.2. The van der Waals surface area contributed by atoms with Crippen LogP contribution in [0.25, 0.3) is 0 Å². The molecule has 1 aromatic heterocycles. The monoisotopic (exact) mass is 308 g/mol. The topological polar surface area (TPSA) is 96.4 Å². The maximum atomic E-state index is 12.1. The van der Waals surface area contributed by atoms with Gasteiger partial charge in [-0.3, -0.25) is 9.78 Å². The standard InChI is InChI=1S/C14H16N2O4S/c17-6-1-2-12-9-15-5-3-13(12)14(18)16-8-11-4-7-21(19,20)10-11/h3,5,9,11,17H,4,6-8,10H2,(H,16,18). The number of carbonyl (C=O) groups excluding carboxylic acids is 1. The Morgan fingerprint density at radius 3 is 3.00 bits per heavy atom. The summed E-state index contributed by atoms with van der Waals surface area (Å²) in [6, 6.07) is 1.54. The minimum Gasteiger partial charge on any atom is -0.384 e. The molecule has 112 valence electrons. The Morgan fingerprint density at radius 2 is 2.33 bits per heavy atom. The lowest BCUT2D eigenvalue weighted by Gasteiger charge is -2.10. The number of nitrogens with zero attached hydrogens (tertiary/aromatic N) is 1. The minimum absolute atomic E-state index is 0.0345. The fourth-order valence-electron chi connectivity index (χ4n) is 2.19. The van der Waals surface area contributed by atoms with Crippen LogP contribution in [0.15, 0.2) is 18.5 Å². The minimum atomic E-state index is -2.94. The number of pyridine rings is 1. The highest BCUT2D eigenvalue weighted by molar-refractivity contribution is 7.91. The number of amides is 1. The van der Waals surface area contributed by atoms with Crippen LogP contribution in [-0.4, -0.2) is 49.1 Å². The molecular formula is C14H16N2O4S. The number of carbonyl (C=O) groups is 1. The SMILES string of the molecule is O=C(NCC1CCS(=O)(=O)C1)c1ccncc1C#CCO. The lowest BCUT2D eigenvalue weighted by atomic mass is 10.1. The van der Waals surface area contributed by atoms with Gasteiger partial charge in [-0.15, -0.1) is 0 Å². The van der Waals surface area contributed by atoms with Crippen molar-refractivity contribution in [1.82, 2.24) is 10.3 Å². The summed E-state index contributed by atoms with van der Waals surface area (Å²) in [7, 11) is -2.94. The van der Waals surface area contributed by atoms with Crippen LogP contribution in [0.4, 0.5) is 0 Å². The van der Waals surface area contributed by atoms with Gasteiger partial charge in [0, 0.05) is 18.9 Å². The third-order valence-corrected chi connectivity index (χ3v) is 5.08. The van der Waals surface area contributed by atoms with Gasteiger partial charge in [-0.25, -0.2) is 8.42 Å². The molecule has 7 heteroatoms. The summed E-state index contributed by atoms with van der Waals surface area (Å²) in [5.41, 5.74) is 0.801. The summed E-state index contributed by atoms with van der Waals surface area (Å²) < 4.78 is 22.7. The maximum absolute atomic E-state index is 12.1. The van der Waals surface area contributed by atoms with Crippen LogP contribution in [0, 0.1) is 17.8 Å². The van der Waals surface area contributed by atoms with Crippen molar-refractivity contribution in [2.45, 2.75) is 6.42 Å². The Hall–Kier alpha value is -1.91. The first-order valence-corrected chi connectivity index (χ1v) is 8.36. The fourth-order valence-corrected chi connectivity index (χ4v) is 4.05. The van der Waals surface area contributed by atoms with Gasteiger partial charge in [-0.1, -0.05) is 11.8 Å². The van der Waals surface area contributed by atoms with Gasteiger partial charge in [0.15, 0.2) is 9.84 Å². The summed E-state index contributed by atoms with van der Waals surface area (Å²) in [6.07, 6.45) is 3.52. The molecule has 2 heterocycles. The highest BCUT2D eigenvalue weighted by Gasteiger charge is 2.28. The first kappa shape index (κ1) is 15.5. The molecule has 1 aliphatic heterocycles. The summed E-state index contributed by atoms with van der Waals surface area (Å²) in [6.45, 7) is 0.0309. The first-order valence-electron chi connectivity index (χ1n) is 6.54. The van der Waals surface area contributed by atoms with Crippen LogP contribution < -0.4 is 5.32 Å². The quantitative estimate of drug-likeness (QED) is 0.740. The molecular weight excluding hydrogens is 292 g/mol. The van der Waals surface area contributed by atoms with Gasteiger partial charge < -0.3 is 10.4 Å². The van der Waals surface area contributed by atoms with Crippen LogP contribution >= 0.6 is 0 Å². The average molecular weight is 308 g/mol.